The number of H-pyrrole nitrogens is 1. The number of hydrogen-bond donors (Lipinski definition) is 1. The minimum absolute atomic E-state index is 0.130. The van der Waals surface area contributed by atoms with Crippen LogP contribution in [0.4, 0.5) is 4.39 Å². The van der Waals surface area contributed by atoms with Gasteiger partial charge in [-0.1, -0.05) is 13.8 Å². The molecule has 1 aromatic carbocycles. The molecule has 1 atom stereocenters. The average molecular weight is 266 g/mol. The fourth-order valence-electron chi connectivity index (χ4n) is 2.18. The Labute approximate surface area is 109 Å². The predicted molar refractivity (Wildman–Crippen MR) is 68.4 cm³/mol. The Bertz CT molecular complexity index is 672. The van der Waals surface area contributed by atoms with Gasteiger partial charge in [-0.25, -0.2) is 14.0 Å². The van der Waals surface area contributed by atoms with E-state index < -0.39 is 23.5 Å². The molecule has 6 heteroatoms. The number of nitrogens with zero attached hydrogens (tertiary/aromatic N) is 1. The molecule has 0 aliphatic carbocycles. The number of benzene rings is 1. The summed E-state index contributed by atoms with van der Waals surface area (Å²) in [5, 5.41) is 0. The number of carbonyl (C=O) groups excluding carboxylic acids is 1. The molecule has 0 radical (unpaired) electrons. The third-order valence-electron chi connectivity index (χ3n) is 3.03. The minimum Gasteiger partial charge on any atom is -0.467 e. The molecule has 19 heavy (non-hydrogen) atoms. The van der Waals surface area contributed by atoms with Crippen LogP contribution < -0.4 is 5.69 Å². The maximum absolute atomic E-state index is 13.1. The molecule has 1 heterocycles. The lowest BCUT2D eigenvalue weighted by atomic mass is 10.0. The Morgan fingerprint density at radius 1 is 1.42 bits per heavy atom. The van der Waals surface area contributed by atoms with E-state index in [1.165, 1.54) is 29.9 Å². The topological polar surface area (TPSA) is 64.1 Å². The maximum Gasteiger partial charge on any atom is 0.329 e. The van der Waals surface area contributed by atoms with Crippen LogP contribution in [0.3, 0.4) is 0 Å². The number of aromatic nitrogens is 2. The van der Waals surface area contributed by atoms with Crippen LogP contribution in [0.25, 0.3) is 11.0 Å². The van der Waals surface area contributed by atoms with E-state index in [9.17, 15) is 14.0 Å². The number of ether oxygens (including phenoxy) is 1. The Balaban J connectivity index is 2.69. The van der Waals surface area contributed by atoms with Gasteiger partial charge in [-0.2, -0.15) is 0 Å². The summed E-state index contributed by atoms with van der Waals surface area (Å²) < 4.78 is 19.2. The van der Waals surface area contributed by atoms with Crippen LogP contribution >= 0.6 is 0 Å². The van der Waals surface area contributed by atoms with Crippen molar-refractivity contribution in [1.29, 1.82) is 0 Å². The first-order valence-electron chi connectivity index (χ1n) is 5.93. The zero-order valence-electron chi connectivity index (χ0n) is 10.9. The number of aromatic amines is 1. The molecule has 102 valence electrons. The Morgan fingerprint density at radius 2 is 2.11 bits per heavy atom. The van der Waals surface area contributed by atoms with E-state index in [1.54, 1.807) is 0 Å². The summed E-state index contributed by atoms with van der Waals surface area (Å²) in [5.74, 6) is -1.07. The summed E-state index contributed by atoms with van der Waals surface area (Å²) in [5.41, 5.74) is 0.389. The molecule has 5 nitrogen and oxygen atoms in total. The maximum atomic E-state index is 13.1. The largest absolute Gasteiger partial charge is 0.467 e. The summed E-state index contributed by atoms with van der Waals surface area (Å²) in [6.07, 6.45) is 0. The van der Waals surface area contributed by atoms with Gasteiger partial charge in [-0.05, 0) is 24.1 Å². The van der Waals surface area contributed by atoms with Crippen molar-refractivity contribution in [2.24, 2.45) is 5.92 Å². The highest BCUT2D eigenvalue weighted by Gasteiger charge is 2.28. The quantitative estimate of drug-likeness (QED) is 0.862. The van der Waals surface area contributed by atoms with E-state index in [0.29, 0.717) is 11.0 Å². The van der Waals surface area contributed by atoms with Gasteiger partial charge in [0.05, 0.1) is 18.1 Å². The van der Waals surface area contributed by atoms with Crippen molar-refractivity contribution in [3.63, 3.8) is 0 Å². The van der Waals surface area contributed by atoms with Crippen molar-refractivity contribution in [3.8, 4) is 0 Å². The monoisotopic (exact) mass is 266 g/mol. The average Bonchev–Trinajstić information content (AvgIpc) is 2.65. The Morgan fingerprint density at radius 3 is 2.68 bits per heavy atom. The number of halogens is 1. The van der Waals surface area contributed by atoms with Crippen LogP contribution in [-0.4, -0.2) is 22.6 Å². The van der Waals surface area contributed by atoms with Gasteiger partial charge >= 0.3 is 11.7 Å². The van der Waals surface area contributed by atoms with E-state index >= 15 is 0 Å². The molecule has 0 spiro atoms. The van der Waals surface area contributed by atoms with Crippen molar-refractivity contribution in [1.82, 2.24) is 9.55 Å². The van der Waals surface area contributed by atoms with Crippen LogP contribution in [0, 0.1) is 11.7 Å². The number of nitrogens with one attached hydrogen (secondary N) is 1. The molecule has 0 bridgehead atoms. The van der Waals surface area contributed by atoms with Crippen molar-refractivity contribution in [2.45, 2.75) is 19.9 Å². The molecular formula is C13H15FN2O3. The van der Waals surface area contributed by atoms with E-state index in [4.69, 9.17) is 4.74 Å². The summed E-state index contributed by atoms with van der Waals surface area (Å²) in [7, 11) is 1.28. The summed E-state index contributed by atoms with van der Waals surface area (Å²) in [4.78, 5) is 26.4. The van der Waals surface area contributed by atoms with Crippen LogP contribution in [0.2, 0.25) is 0 Å². The van der Waals surface area contributed by atoms with E-state index in [-0.39, 0.29) is 5.92 Å². The standard InChI is InChI=1S/C13H15FN2O3/c1-7(2)11(12(17)19-3)16-10-5-4-8(14)6-9(10)15-13(16)18/h4-7,11H,1-3H3,(H,15,18). The third-order valence-corrected chi connectivity index (χ3v) is 3.03. The lowest BCUT2D eigenvalue weighted by Crippen LogP contribution is -2.32. The number of rotatable bonds is 3. The van der Waals surface area contributed by atoms with E-state index in [0.717, 1.165) is 0 Å². The number of hydrogen-bond acceptors (Lipinski definition) is 3. The van der Waals surface area contributed by atoms with Gasteiger partial charge in [0.25, 0.3) is 0 Å². The van der Waals surface area contributed by atoms with Gasteiger partial charge in [0.2, 0.25) is 0 Å². The summed E-state index contributed by atoms with van der Waals surface area (Å²) in [6.45, 7) is 3.63. The number of esters is 1. The van der Waals surface area contributed by atoms with Gasteiger partial charge < -0.3 is 9.72 Å². The molecule has 0 amide bonds. The van der Waals surface area contributed by atoms with Crippen LogP contribution in [0.5, 0.6) is 0 Å². The molecule has 0 aliphatic heterocycles. The first-order valence-corrected chi connectivity index (χ1v) is 5.93. The second-order valence-corrected chi connectivity index (χ2v) is 4.67. The highest BCUT2D eigenvalue weighted by molar-refractivity contribution is 5.80. The fourth-order valence-corrected chi connectivity index (χ4v) is 2.18. The first-order chi connectivity index (χ1) is 8.95. The van der Waals surface area contributed by atoms with Crippen LogP contribution in [-0.2, 0) is 9.53 Å². The summed E-state index contributed by atoms with van der Waals surface area (Å²) in [6, 6.07) is 3.21. The Kier molecular flexibility index (Phi) is 3.42. The molecular weight excluding hydrogens is 251 g/mol. The highest BCUT2D eigenvalue weighted by atomic mass is 19.1. The van der Waals surface area contributed by atoms with Gasteiger partial charge in [-0.3, -0.25) is 4.57 Å². The molecule has 2 rings (SSSR count). The fraction of sp³-hybridized carbons (Fsp3) is 0.385. The molecule has 1 N–H and O–H groups in total. The zero-order chi connectivity index (χ0) is 14.2. The predicted octanol–water partition coefficient (Wildman–Crippen LogP) is 1.84. The number of fused-ring (bicyclic) bond motifs is 1. The first kappa shape index (κ1) is 13.3. The van der Waals surface area contributed by atoms with Crippen molar-refractivity contribution < 1.29 is 13.9 Å². The lowest BCUT2D eigenvalue weighted by molar-refractivity contribution is -0.146. The van der Waals surface area contributed by atoms with E-state index in [2.05, 4.69) is 4.98 Å². The second-order valence-electron chi connectivity index (χ2n) is 4.67. The van der Waals surface area contributed by atoms with Crippen LogP contribution in [0.15, 0.2) is 23.0 Å². The molecule has 0 aliphatic rings. The molecule has 1 unspecified atom stereocenters. The number of methoxy groups -OCH3 is 1. The molecule has 1 aromatic heterocycles. The lowest BCUT2D eigenvalue weighted by Gasteiger charge is -2.19. The van der Waals surface area contributed by atoms with Crippen molar-refractivity contribution in [3.05, 3.63) is 34.5 Å². The Hall–Kier alpha value is -2.11. The van der Waals surface area contributed by atoms with Crippen molar-refractivity contribution >= 4 is 17.0 Å². The molecule has 0 saturated carbocycles. The third kappa shape index (κ3) is 2.25. The second kappa shape index (κ2) is 4.87. The molecule has 2 aromatic rings. The number of imidazole rings is 1. The van der Waals surface area contributed by atoms with Gasteiger partial charge in [0.1, 0.15) is 11.9 Å². The molecule has 0 saturated heterocycles. The zero-order valence-corrected chi connectivity index (χ0v) is 10.9. The molecule has 0 fully saturated rings. The normalized spacial score (nSPS) is 12.9. The smallest absolute Gasteiger partial charge is 0.329 e. The minimum atomic E-state index is -0.739. The van der Waals surface area contributed by atoms with Crippen LogP contribution in [0.1, 0.15) is 19.9 Å². The van der Waals surface area contributed by atoms with Crippen molar-refractivity contribution in [2.75, 3.05) is 7.11 Å². The number of carbonyl (C=O) groups is 1. The SMILES string of the molecule is COC(=O)C(C(C)C)n1c(=O)[nH]c2cc(F)ccc21. The van der Waals surface area contributed by atoms with Gasteiger partial charge in [0, 0.05) is 0 Å². The van der Waals surface area contributed by atoms with Gasteiger partial charge in [-0.15, -0.1) is 0 Å². The summed E-state index contributed by atoms with van der Waals surface area (Å²) >= 11 is 0. The van der Waals surface area contributed by atoms with Gasteiger partial charge in [0.15, 0.2) is 0 Å². The van der Waals surface area contributed by atoms with E-state index in [1.807, 2.05) is 13.8 Å². The highest BCUT2D eigenvalue weighted by Crippen LogP contribution is 2.23.